The number of ether oxygens (including phenoxy) is 2. The molecule has 1 saturated heterocycles. The first-order chi connectivity index (χ1) is 14.8. The summed E-state index contributed by atoms with van der Waals surface area (Å²) in [6.45, 7) is 5.38. The van der Waals surface area contributed by atoms with Gasteiger partial charge in [-0.3, -0.25) is 9.59 Å². The van der Waals surface area contributed by atoms with Crippen LogP contribution >= 0.6 is 0 Å². The lowest BCUT2D eigenvalue weighted by Crippen LogP contribution is -2.56. The minimum atomic E-state index is -0.508. The molecule has 0 amide bonds. The molecule has 9 atom stereocenters. The molecule has 0 aromatic rings. The van der Waals surface area contributed by atoms with Crippen LogP contribution in [0.1, 0.15) is 84.5 Å². The molecule has 1 heterocycles. The molecular formula is C26H40O5. The largest absolute Gasteiger partial charge is 0.393 e. The van der Waals surface area contributed by atoms with Gasteiger partial charge in [0, 0.05) is 13.0 Å². The zero-order chi connectivity index (χ0) is 21.8. The molecule has 1 unspecified atom stereocenters. The lowest BCUT2D eigenvalue weighted by Gasteiger charge is -2.60. The first kappa shape index (κ1) is 22.0. The van der Waals surface area contributed by atoms with Crippen LogP contribution in [0.25, 0.3) is 0 Å². The fraction of sp³-hybridized carbons (Fsp3) is 0.923. The highest BCUT2D eigenvalue weighted by molar-refractivity contribution is 6.03. The predicted molar refractivity (Wildman–Crippen MR) is 116 cm³/mol. The van der Waals surface area contributed by atoms with E-state index in [1.165, 1.54) is 6.42 Å². The zero-order valence-corrected chi connectivity index (χ0v) is 19.3. The molecule has 0 spiro atoms. The first-order valence-electron chi connectivity index (χ1n) is 12.8. The quantitative estimate of drug-likeness (QED) is 0.671. The summed E-state index contributed by atoms with van der Waals surface area (Å²) in [4.78, 5) is 26.0. The van der Waals surface area contributed by atoms with Gasteiger partial charge in [-0.1, -0.05) is 13.8 Å². The number of ketones is 2. The van der Waals surface area contributed by atoms with Gasteiger partial charge in [0.25, 0.3) is 0 Å². The van der Waals surface area contributed by atoms with Gasteiger partial charge in [-0.25, -0.2) is 0 Å². The maximum atomic E-state index is 13.1. The minimum absolute atomic E-state index is 0.00278. The first-order valence-corrected chi connectivity index (χ1v) is 12.8. The van der Waals surface area contributed by atoms with E-state index >= 15 is 0 Å². The smallest absolute Gasteiger partial charge is 0.169 e. The molecule has 5 aliphatic rings. The molecule has 4 aliphatic carbocycles. The van der Waals surface area contributed by atoms with E-state index in [1.807, 2.05) is 0 Å². The summed E-state index contributed by atoms with van der Waals surface area (Å²) in [6, 6.07) is 0. The summed E-state index contributed by atoms with van der Waals surface area (Å²) >= 11 is 0. The van der Waals surface area contributed by atoms with Crippen molar-refractivity contribution in [3.8, 4) is 0 Å². The van der Waals surface area contributed by atoms with Gasteiger partial charge in [0.2, 0.25) is 0 Å². The third kappa shape index (κ3) is 3.63. The second-order valence-corrected chi connectivity index (χ2v) is 11.8. The van der Waals surface area contributed by atoms with Crippen molar-refractivity contribution in [2.45, 2.75) is 96.9 Å². The Hall–Kier alpha value is -0.780. The number of Topliss-reactive ketones (excluding diaryl/α,β-unsaturated/α-hetero) is 2. The Kier molecular flexibility index (Phi) is 5.84. The molecular weight excluding hydrogens is 392 g/mol. The van der Waals surface area contributed by atoms with Gasteiger partial charge in [0.1, 0.15) is 12.4 Å². The number of aliphatic hydroxyl groups excluding tert-OH is 1. The van der Waals surface area contributed by atoms with Crippen molar-refractivity contribution in [2.75, 3.05) is 13.2 Å². The molecule has 174 valence electrons. The molecule has 5 rings (SSSR count). The van der Waals surface area contributed by atoms with E-state index in [0.717, 1.165) is 51.4 Å². The molecule has 0 aromatic heterocycles. The number of aliphatic hydroxyl groups is 1. The maximum absolute atomic E-state index is 13.1. The standard InChI is InChI=1S/C26H40O5/c1-25-11-10-20-17(19(25)8-9-23(25)29)7-6-16-13-21(27)18(14-26(16,20)2)22(28)15-31-24-5-3-4-12-30-24/h16-20,23-24,29H,3-15H2,1-2H3/t16-,17-,18+,19-,20-,23-,24?,25-,26-/m0/s1. The fourth-order valence-electron chi connectivity index (χ4n) is 8.51. The highest BCUT2D eigenvalue weighted by atomic mass is 16.7. The number of hydrogen-bond acceptors (Lipinski definition) is 5. The van der Waals surface area contributed by atoms with Crippen LogP contribution in [0.5, 0.6) is 0 Å². The average molecular weight is 433 g/mol. The Labute approximate surface area is 186 Å². The third-order valence-electron chi connectivity index (χ3n) is 10.4. The van der Waals surface area contributed by atoms with Gasteiger partial charge >= 0.3 is 0 Å². The summed E-state index contributed by atoms with van der Waals surface area (Å²) in [5.74, 6) is 1.79. The van der Waals surface area contributed by atoms with E-state index < -0.39 is 5.92 Å². The summed E-state index contributed by atoms with van der Waals surface area (Å²) < 4.78 is 11.3. The topological polar surface area (TPSA) is 72.8 Å². The normalized spacial score (nSPS) is 49.8. The summed E-state index contributed by atoms with van der Waals surface area (Å²) in [7, 11) is 0. The van der Waals surface area contributed by atoms with Crippen LogP contribution in [-0.2, 0) is 19.1 Å². The van der Waals surface area contributed by atoms with E-state index in [9.17, 15) is 14.7 Å². The average Bonchev–Trinajstić information content (AvgIpc) is 3.07. The SMILES string of the molecule is C[C@]12C[C@@H](C(=O)COC3CCCCO3)C(=O)C[C@@H]1CC[C@@H]1[C@@H]2CC[C@]2(C)[C@@H](O)CC[C@@H]12. The molecule has 1 aliphatic heterocycles. The van der Waals surface area contributed by atoms with Crippen molar-refractivity contribution in [3.05, 3.63) is 0 Å². The molecule has 4 saturated carbocycles. The number of rotatable bonds is 4. The van der Waals surface area contributed by atoms with E-state index in [-0.39, 0.29) is 41.4 Å². The molecule has 31 heavy (non-hydrogen) atoms. The van der Waals surface area contributed by atoms with Crippen molar-refractivity contribution < 1.29 is 24.2 Å². The summed E-state index contributed by atoms with van der Waals surface area (Å²) in [6.07, 6.45) is 10.3. The van der Waals surface area contributed by atoms with Crippen molar-refractivity contribution >= 4 is 11.6 Å². The van der Waals surface area contributed by atoms with Crippen LogP contribution in [0, 0.1) is 40.4 Å². The lowest BCUT2D eigenvalue weighted by atomic mass is 9.44. The van der Waals surface area contributed by atoms with Gasteiger partial charge in [0.15, 0.2) is 12.1 Å². The molecule has 5 nitrogen and oxygen atoms in total. The Morgan fingerprint density at radius 1 is 1.06 bits per heavy atom. The molecule has 0 radical (unpaired) electrons. The van der Waals surface area contributed by atoms with E-state index in [1.54, 1.807) is 0 Å². The number of fused-ring (bicyclic) bond motifs is 5. The number of hydrogen-bond donors (Lipinski definition) is 1. The lowest BCUT2D eigenvalue weighted by molar-refractivity contribution is -0.175. The van der Waals surface area contributed by atoms with Crippen LogP contribution in [0.3, 0.4) is 0 Å². The van der Waals surface area contributed by atoms with Crippen molar-refractivity contribution in [3.63, 3.8) is 0 Å². The van der Waals surface area contributed by atoms with Gasteiger partial charge in [-0.05, 0) is 98.7 Å². The fourth-order valence-corrected chi connectivity index (χ4v) is 8.51. The van der Waals surface area contributed by atoms with Crippen LogP contribution in [-0.4, -0.2) is 42.3 Å². The Morgan fingerprint density at radius 3 is 2.65 bits per heavy atom. The Morgan fingerprint density at radius 2 is 1.87 bits per heavy atom. The van der Waals surface area contributed by atoms with E-state index in [2.05, 4.69) is 13.8 Å². The minimum Gasteiger partial charge on any atom is -0.393 e. The van der Waals surface area contributed by atoms with Gasteiger partial charge in [-0.15, -0.1) is 0 Å². The van der Waals surface area contributed by atoms with Crippen LogP contribution in [0.2, 0.25) is 0 Å². The highest BCUT2D eigenvalue weighted by Gasteiger charge is 2.61. The van der Waals surface area contributed by atoms with E-state index in [4.69, 9.17) is 9.47 Å². The Bertz CT molecular complexity index is 715. The summed E-state index contributed by atoms with van der Waals surface area (Å²) in [5.41, 5.74) is 0.116. The van der Waals surface area contributed by atoms with Crippen LogP contribution in [0.4, 0.5) is 0 Å². The molecule has 0 aromatic carbocycles. The monoisotopic (exact) mass is 432 g/mol. The zero-order valence-electron chi connectivity index (χ0n) is 19.3. The maximum Gasteiger partial charge on any atom is 0.169 e. The van der Waals surface area contributed by atoms with Crippen LogP contribution in [0.15, 0.2) is 0 Å². The molecule has 0 bridgehead atoms. The van der Waals surface area contributed by atoms with Gasteiger partial charge in [-0.2, -0.15) is 0 Å². The number of carbonyl (C=O) groups excluding carboxylic acids is 2. The second-order valence-electron chi connectivity index (χ2n) is 11.8. The van der Waals surface area contributed by atoms with E-state index in [0.29, 0.717) is 43.1 Å². The second kappa shape index (κ2) is 8.22. The summed E-state index contributed by atoms with van der Waals surface area (Å²) in [5, 5.41) is 10.7. The van der Waals surface area contributed by atoms with Crippen molar-refractivity contribution in [2.24, 2.45) is 40.4 Å². The van der Waals surface area contributed by atoms with Gasteiger partial charge in [0.05, 0.1) is 12.0 Å². The highest BCUT2D eigenvalue weighted by Crippen LogP contribution is 2.66. The molecule has 5 fully saturated rings. The van der Waals surface area contributed by atoms with Crippen molar-refractivity contribution in [1.29, 1.82) is 0 Å². The molecule has 5 heteroatoms. The van der Waals surface area contributed by atoms with Crippen LogP contribution < -0.4 is 0 Å². The van der Waals surface area contributed by atoms with Crippen molar-refractivity contribution in [1.82, 2.24) is 0 Å². The van der Waals surface area contributed by atoms with Gasteiger partial charge < -0.3 is 14.6 Å². The predicted octanol–water partition coefficient (Wildman–Crippen LogP) is 4.30. The third-order valence-corrected chi connectivity index (χ3v) is 10.4. The number of carbonyl (C=O) groups is 2. The molecule has 1 N–H and O–H groups in total. The Balaban J connectivity index is 1.30.